The molecular weight excluding hydrogens is 380 g/mol. The van der Waals surface area contributed by atoms with Crippen LogP contribution in [0.3, 0.4) is 0 Å². The van der Waals surface area contributed by atoms with Gasteiger partial charge in [0.15, 0.2) is 0 Å². The highest BCUT2D eigenvalue weighted by atomic mass is 32.2. The van der Waals surface area contributed by atoms with Crippen molar-refractivity contribution < 1.29 is 18.0 Å². The third kappa shape index (κ3) is 4.15. The van der Waals surface area contributed by atoms with Crippen LogP contribution in [-0.2, 0) is 14.8 Å². The molecule has 1 N–H and O–H groups in total. The van der Waals surface area contributed by atoms with Gasteiger partial charge in [0.1, 0.15) is 0 Å². The van der Waals surface area contributed by atoms with Crippen molar-refractivity contribution in [3.05, 3.63) is 47.3 Å². The maximum atomic E-state index is 12.8. The van der Waals surface area contributed by atoms with Crippen molar-refractivity contribution >= 4 is 21.7 Å². The Balaban J connectivity index is 1.77. The van der Waals surface area contributed by atoms with E-state index in [9.17, 15) is 18.0 Å². The molecular formula is C19H24N4O4S. The molecule has 1 unspecified atom stereocenters. The molecule has 0 radical (unpaired) electrons. The molecule has 0 saturated carbocycles. The molecule has 1 aromatic carbocycles. The van der Waals surface area contributed by atoms with Crippen molar-refractivity contribution in [2.24, 2.45) is 0 Å². The zero-order chi connectivity index (χ0) is 20.5. The summed E-state index contributed by atoms with van der Waals surface area (Å²) in [7, 11) is -3.32. The van der Waals surface area contributed by atoms with E-state index >= 15 is 0 Å². The van der Waals surface area contributed by atoms with E-state index in [1.54, 1.807) is 18.5 Å². The Bertz CT molecular complexity index is 998. The minimum absolute atomic E-state index is 0.180. The van der Waals surface area contributed by atoms with Crippen molar-refractivity contribution in [3.8, 4) is 5.69 Å². The topological polar surface area (TPSA) is 101 Å². The zero-order valence-corrected chi connectivity index (χ0v) is 17.0. The van der Waals surface area contributed by atoms with E-state index in [1.165, 1.54) is 4.31 Å². The summed E-state index contributed by atoms with van der Waals surface area (Å²) in [4.78, 5) is 25.3. The van der Waals surface area contributed by atoms with E-state index in [-0.39, 0.29) is 18.2 Å². The number of aromatic nitrogens is 2. The number of benzene rings is 1. The molecule has 0 aliphatic carbocycles. The Labute approximate surface area is 164 Å². The summed E-state index contributed by atoms with van der Waals surface area (Å²) >= 11 is 0. The number of para-hydroxylation sites is 1. The number of rotatable bonds is 5. The first-order valence-electron chi connectivity index (χ1n) is 9.10. The first-order valence-corrected chi connectivity index (χ1v) is 10.9. The summed E-state index contributed by atoms with van der Waals surface area (Å²) in [5.74, 6) is -1.40. The van der Waals surface area contributed by atoms with Crippen molar-refractivity contribution in [1.82, 2.24) is 19.4 Å². The second-order valence-corrected chi connectivity index (χ2v) is 9.04. The third-order valence-electron chi connectivity index (χ3n) is 4.91. The van der Waals surface area contributed by atoms with Crippen LogP contribution in [0, 0.1) is 13.8 Å². The van der Waals surface area contributed by atoms with Crippen LogP contribution in [-0.4, -0.2) is 59.6 Å². The number of aryl methyl sites for hydroxylation is 1. The standard InChI is InChI=1S/C19H24N4O4S/c1-13-17(14(2)23(21-13)16-9-5-4-6-10-16)18(24)19(25)20-15-8-7-11-22(12-15)28(3,26)27/h4-6,9-10,15H,7-8,11-12H2,1-3H3,(H,20,25). The van der Waals surface area contributed by atoms with Gasteiger partial charge in [-0.15, -0.1) is 0 Å². The number of nitrogens with zero attached hydrogens (tertiary/aromatic N) is 3. The largest absolute Gasteiger partial charge is 0.345 e. The lowest BCUT2D eigenvalue weighted by atomic mass is 10.1. The van der Waals surface area contributed by atoms with Gasteiger partial charge in [-0.05, 0) is 38.8 Å². The van der Waals surface area contributed by atoms with Gasteiger partial charge in [-0.1, -0.05) is 18.2 Å². The number of carbonyl (C=O) groups excluding carboxylic acids is 2. The molecule has 9 heteroatoms. The molecule has 8 nitrogen and oxygen atoms in total. The molecule has 1 amide bonds. The summed E-state index contributed by atoms with van der Waals surface area (Å²) in [6, 6.07) is 8.99. The lowest BCUT2D eigenvalue weighted by Gasteiger charge is -2.31. The summed E-state index contributed by atoms with van der Waals surface area (Å²) in [5, 5.41) is 7.09. The van der Waals surface area contributed by atoms with Gasteiger partial charge in [0.2, 0.25) is 10.0 Å². The van der Waals surface area contributed by atoms with Crippen LogP contribution in [0.5, 0.6) is 0 Å². The summed E-state index contributed by atoms with van der Waals surface area (Å²) < 4.78 is 26.4. The van der Waals surface area contributed by atoms with E-state index in [0.717, 1.165) is 11.9 Å². The van der Waals surface area contributed by atoms with Crippen LogP contribution in [0.1, 0.15) is 34.6 Å². The number of piperidine rings is 1. The minimum atomic E-state index is -3.32. The Morgan fingerprint density at radius 3 is 2.50 bits per heavy atom. The molecule has 0 bridgehead atoms. The van der Waals surface area contributed by atoms with Gasteiger partial charge in [0.25, 0.3) is 11.7 Å². The lowest BCUT2D eigenvalue weighted by Crippen LogP contribution is -2.50. The maximum absolute atomic E-state index is 12.8. The fraction of sp³-hybridized carbons (Fsp3) is 0.421. The van der Waals surface area contributed by atoms with E-state index in [2.05, 4.69) is 10.4 Å². The van der Waals surface area contributed by atoms with Gasteiger partial charge >= 0.3 is 0 Å². The SMILES string of the molecule is Cc1nn(-c2ccccc2)c(C)c1C(=O)C(=O)NC1CCCN(S(C)(=O)=O)C1. The lowest BCUT2D eigenvalue weighted by molar-refractivity contribution is -0.117. The molecule has 0 spiro atoms. The smallest absolute Gasteiger partial charge is 0.292 e. The van der Waals surface area contributed by atoms with Gasteiger partial charge in [-0.25, -0.2) is 17.4 Å². The predicted octanol–water partition coefficient (Wildman–Crippen LogP) is 1.21. The van der Waals surface area contributed by atoms with Gasteiger partial charge in [-0.3, -0.25) is 9.59 Å². The van der Waals surface area contributed by atoms with Crippen molar-refractivity contribution in [2.45, 2.75) is 32.7 Å². The van der Waals surface area contributed by atoms with Crippen LogP contribution in [0.25, 0.3) is 5.69 Å². The molecule has 3 rings (SSSR count). The average Bonchev–Trinajstić information content (AvgIpc) is 2.95. The number of sulfonamides is 1. The van der Waals surface area contributed by atoms with Crippen molar-refractivity contribution in [1.29, 1.82) is 0 Å². The average molecular weight is 404 g/mol. The van der Waals surface area contributed by atoms with Gasteiger partial charge < -0.3 is 5.32 Å². The number of amides is 1. The number of hydrogen-bond acceptors (Lipinski definition) is 5. The second-order valence-electron chi connectivity index (χ2n) is 7.06. The Morgan fingerprint density at radius 2 is 1.86 bits per heavy atom. The quantitative estimate of drug-likeness (QED) is 0.596. The highest BCUT2D eigenvalue weighted by molar-refractivity contribution is 7.88. The second kappa shape index (κ2) is 7.84. The van der Waals surface area contributed by atoms with Crippen LogP contribution in [0.4, 0.5) is 0 Å². The molecule has 2 heterocycles. The monoisotopic (exact) mass is 404 g/mol. The van der Waals surface area contributed by atoms with Crippen LogP contribution < -0.4 is 5.32 Å². The minimum Gasteiger partial charge on any atom is -0.345 e. The molecule has 2 aromatic rings. The van der Waals surface area contributed by atoms with E-state index in [4.69, 9.17) is 0 Å². The first-order chi connectivity index (χ1) is 13.2. The highest BCUT2D eigenvalue weighted by Crippen LogP contribution is 2.19. The van der Waals surface area contributed by atoms with Crippen LogP contribution >= 0.6 is 0 Å². The fourth-order valence-corrected chi connectivity index (χ4v) is 4.43. The zero-order valence-electron chi connectivity index (χ0n) is 16.2. The van der Waals surface area contributed by atoms with Crippen LogP contribution in [0.15, 0.2) is 30.3 Å². The highest BCUT2D eigenvalue weighted by Gasteiger charge is 2.30. The molecule has 150 valence electrons. The molecule has 1 aliphatic rings. The normalized spacial score (nSPS) is 18.0. The number of hydrogen-bond donors (Lipinski definition) is 1. The summed E-state index contributed by atoms with van der Waals surface area (Å²) in [6.07, 6.45) is 2.41. The predicted molar refractivity (Wildman–Crippen MR) is 105 cm³/mol. The van der Waals surface area contributed by atoms with E-state index < -0.39 is 21.7 Å². The maximum Gasteiger partial charge on any atom is 0.292 e. The van der Waals surface area contributed by atoms with E-state index in [0.29, 0.717) is 30.8 Å². The Hall–Kier alpha value is -2.52. The van der Waals surface area contributed by atoms with Gasteiger partial charge in [0.05, 0.1) is 28.9 Å². The molecule has 28 heavy (non-hydrogen) atoms. The number of ketones is 1. The number of Topliss-reactive ketones (excluding diaryl/α,β-unsaturated/α-hetero) is 1. The summed E-state index contributed by atoms with van der Waals surface area (Å²) in [5.41, 5.74) is 2.14. The first kappa shape index (κ1) is 20.2. The molecule has 1 aliphatic heterocycles. The Morgan fingerprint density at radius 1 is 1.18 bits per heavy atom. The number of nitrogens with one attached hydrogen (secondary N) is 1. The van der Waals surface area contributed by atoms with Gasteiger partial charge in [-0.2, -0.15) is 5.10 Å². The van der Waals surface area contributed by atoms with Crippen molar-refractivity contribution in [3.63, 3.8) is 0 Å². The van der Waals surface area contributed by atoms with Crippen LogP contribution in [0.2, 0.25) is 0 Å². The van der Waals surface area contributed by atoms with Gasteiger partial charge in [0, 0.05) is 19.1 Å². The number of carbonyl (C=O) groups is 2. The Kier molecular flexibility index (Phi) is 5.66. The molecule has 1 atom stereocenters. The fourth-order valence-electron chi connectivity index (χ4n) is 3.52. The van der Waals surface area contributed by atoms with Crippen molar-refractivity contribution in [2.75, 3.05) is 19.3 Å². The third-order valence-corrected chi connectivity index (χ3v) is 6.18. The summed E-state index contributed by atoms with van der Waals surface area (Å²) in [6.45, 7) is 4.05. The molecule has 1 fully saturated rings. The van der Waals surface area contributed by atoms with E-state index in [1.807, 2.05) is 30.3 Å². The molecule has 1 saturated heterocycles. The molecule has 1 aromatic heterocycles.